The first-order valence-electron chi connectivity index (χ1n) is 10.4. The molecule has 2 saturated heterocycles. The number of hydrogen-bond acceptors (Lipinski definition) is 4. The van der Waals surface area contributed by atoms with E-state index in [0.29, 0.717) is 11.7 Å². The van der Waals surface area contributed by atoms with Gasteiger partial charge < -0.3 is 14.5 Å². The Balaban J connectivity index is 1.66. The van der Waals surface area contributed by atoms with Gasteiger partial charge in [-0.2, -0.15) is 0 Å². The summed E-state index contributed by atoms with van der Waals surface area (Å²) in [6.07, 6.45) is 2.11. The summed E-state index contributed by atoms with van der Waals surface area (Å²) in [5.74, 6) is 1.06. The molecule has 0 saturated carbocycles. The van der Waals surface area contributed by atoms with Crippen molar-refractivity contribution >= 4 is 38.5 Å². The Labute approximate surface area is 184 Å². The highest BCUT2D eigenvalue weighted by Crippen LogP contribution is 2.39. The molecule has 0 N–H and O–H groups in total. The topological polar surface area (TPSA) is 49.9 Å². The molecule has 0 aromatic heterocycles. The Morgan fingerprint density at radius 1 is 0.967 bits per heavy atom. The highest BCUT2D eigenvalue weighted by atomic mass is 32.2. The van der Waals surface area contributed by atoms with E-state index in [1.165, 1.54) is 11.1 Å². The van der Waals surface area contributed by atoms with Crippen molar-refractivity contribution in [2.45, 2.75) is 45.7 Å². The smallest absolute Gasteiger partial charge is 0.181 e. The van der Waals surface area contributed by atoms with E-state index in [2.05, 4.69) is 32.9 Å². The first kappa shape index (κ1) is 21.1. The van der Waals surface area contributed by atoms with E-state index in [-0.39, 0.29) is 23.6 Å². The second-order valence-electron chi connectivity index (χ2n) is 8.20. The van der Waals surface area contributed by atoms with Crippen LogP contribution in [0.3, 0.4) is 0 Å². The second kappa shape index (κ2) is 8.19. The summed E-state index contributed by atoms with van der Waals surface area (Å²) in [5, 5.41) is 0.655. The van der Waals surface area contributed by atoms with Gasteiger partial charge >= 0.3 is 0 Å². The monoisotopic (exact) mass is 444 g/mol. The lowest BCUT2D eigenvalue weighted by molar-refractivity contribution is 0.309. The largest absolute Gasteiger partial charge is 0.494 e. The minimum Gasteiger partial charge on any atom is -0.494 e. The molecule has 160 valence electrons. The molecule has 5 nitrogen and oxygen atoms in total. The molecule has 0 radical (unpaired) electrons. The third kappa shape index (κ3) is 3.93. The van der Waals surface area contributed by atoms with Crippen molar-refractivity contribution in [3.05, 3.63) is 53.6 Å². The van der Waals surface area contributed by atoms with Gasteiger partial charge in [-0.25, -0.2) is 8.42 Å². The molecular formula is C23H28N2O3S2. The molecule has 2 aliphatic rings. The molecule has 2 unspecified atom stereocenters. The average Bonchev–Trinajstić information content (AvgIpc) is 3.13. The zero-order chi connectivity index (χ0) is 21.5. The number of anilines is 2. The Kier molecular flexibility index (Phi) is 5.77. The van der Waals surface area contributed by atoms with Gasteiger partial charge in [-0.3, -0.25) is 0 Å². The molecule has 2 aromatic carbocycles. The number of unbranched alkanes of at least 4 members (excludes halogenated alkanes) is 1. The van der Waals surface area contributed by atoms with Crippen LogP contribution in [0.2, 0.25) is 0 Å². The molecule has 4 rings (SSSR count). The van der Waals surface area contributed by atoms with Crippen LogP contribution < -0.4 is 14.5 Å². The molecule has 2 atom stereocenters. The zero-order valence-corrected chi connectivity index (χ0v) is 19.3. The van der Waals surface area contributed by atoms with Crippen molar-refractivity contribution in [1.29, 1.82) is 0 Å². The molecule has 2 heterocycles. The van der Waals surface area contributed by atoms with Crippen molar-refractivity contribution in [3.8, 4) is 5.75 Å². The molecule has 0 aliphatic carbocycles. The average molecular weight is 445 g/mol. The third-order valence-electron chi connectivity index (χ3n) is 6.02. The third-order valence-corrected chi connectivity index (χ3v) is 8.11. The summed E-state index contributed by atoms with van der Waals surface area (Å²) < 4.78 is 30.8. The predicted molar refractivity (Wildman–Crippen MR) is 127 cm³/mol. The maximum absolute atomic E-state index is 12.5. The fraction of sp³-hybridized carbons (Fsp3) is 0.435. The van der Waals surface area contributed by atoms with E-state index in [9.17, 15) is 8.42 Å². The van der Waals surface area contributed by atoms with E-state index >= 15 is 0 Å². The van der Waals surface area contributed by atoms with Crippen molar-refractivity contribution < 1.29 is 13.2 Å². The number of sulfone groups is 1. The van der Waals surface area contributed by atoms with Crippen LogP contribution >= 0.6 is 12.2 Å². The van der Waals surface area contributed by atoms with Gasteiger partial charge in [-0.15, -0.1) is 0 Å². The van der Waals surface area contributed by atoms with Crippen molar-refractivity contribution in [3.63, 3.8) is 0 Å². The quantitative estimate of drug-likeness (QED) is 0.490. The lowest BCUT2D eigenvalue weighted by atomic mass is 10.1. The van der Waals surface area contributed by atoms with Gasteiger partial charge in [0.05, 0.1) is 30.2 Å². The van der Waals surface area contributed by atoms with Crippen molar-refractivity contribution in [2.75, 3.05) is 27.9 Å². The summed E-state index contributed by atoms with van der Waals surface area (Å²) in [5.41, 5.74) is 4.23. The van der Waals surface area contributed by atoms with Gasteiger partial charge in [0, 0.05) is 11.4 Å². The molecular weight excluding hydrogens is 416 g/mol. The van der Waals surface area contributed by atoms with Gasteiger partial charge in [0.1, 0.15) is 5.75 Å². The summed E-state index contributed by atoms with van der Waals surface area (Å²) in [4.78, 5) is 4.04. The molecule has 0 spiro atoms. The van der Waals surface area contributed by atoms with Gasteiger partial charge in [0.15, 0.2) is 14.9 Å². The number of benzene rings is 2. The van der Waals surface area contributed by atoms with Gasteiger partial charge in [0.2, 0.25) is 0 Å². The highest BCUT2D eigenvalue weighted by molar-refractivity contribution is 7.91. The SMILES string of the molecule is CCCCOc1ccc(N2C(=S)N(c3ccc(C)c(C)c3)C3CS(=O)(=O)CC32)cc1. The van der Waals surface area contributed by atoms with E-state index in [1.807, 2.05) is 40.1 Å². The van der Waals surface area contributed by atoms with E-state index in [1.54, 1.807) is 0 Å². The fourth-order valence-electron chi connectivity index (χ4n) is 4.22. The van der Waals surface area contributed by atoms with E-state index in [4.69, 9.17) is 17.0 Å². The normalized spacial score (nSPS) is 22.4. The first-order valence-corrected chi connectivity index (χ1v) is 12.7. The standard InChI is InChI=1S/C23H28N2O3S2/c1-4-5-12-28-20-10-8-18(9-11-20)24-21-14-30(26,27)15-22(21)25(23(24)29)19-7-6-16(2)17(3)13-19/h6-11,13,21-22H,4-5,12,14-15H2,1-3H3. The van der Waals surface area contributed by atoms with Gasteiger partial charge in [-0.1, -0.05) is 19.4 Å². The van der Waals surface area contributed by atoms with Crippen LogP contribution in [0.1, 0.15) is 30.9 Å². The minimum absolute atomic E-state index is 0.119. The molecule has 7 heteroatoms. The van der Waals surface area contributed by atoms with Gasteiger partial charge in [0.25, 0.3) is 0 Å². The predicted octanol–water partition coefficient (Wildman–Crippen LogP) is 4.26. The molecule has 30 heavy (non-hydrogen) atoms. The molecule has 0 bridgehead atoms. The van der Waals surface area contributed by atoms with Gasteiger partial charge in [-0.05, 0) is 80.0 Å². The summed E-state index contributed by atoms with van der Waals surface area (Å²) in [7, 11) is -3.12. The number of fused-ring (bicyclic) bond motifs is 1. The number of hydrogen-bond donors (Lipinski definition) is 0. The molecule has 0 amide bonds. The van der Waals surface area contributed by atoms with Crippen LogP contribution in [0.25, 0.3) is 0 Å². The van der Waals surface area contributed by atoms with Crippen LogP contribution in [-0.4, -0.2) is 43.7 Å². The molecule has 2 aromatic rings. The lowest BCUT2D eigenvalue weighted by Crippen LogP contribution is -2.37. The van der Waals surface area contributed by atoms with Crippen molar-refractivity contribution in [1.82, 2.24) is 0 Å². The Morgan fingerprint density at radius 3 is 2.17 bits per heavy atom. The second-order valence-corrected chi connectivity index (χ2v) is 10.7. The molecule has 2 fully saturated rings. The number of aryl methyl sites for hydroxylation is 2. The maximum atomic E-state index is 12.5. The van der Waals surface area contributed by atoms with E-state index in [0.717, 1.165) is 30.0 Å². The van der Waals surface area contributed by atoms with Crippen LogP contribution in [0.5, 0.6) is 5.75 Å². The van der Waals surface area contributed by atoms with Crippen LogP contribution in [-0.2, 0) is 9.84 Å². The summed E-state index contributed by atoms with van der Waals surface area (Å²) in [6, 6.07) is 13.6. The zero-order valence-electron chi connectivity index (χ0n) is 17.7. The lowest BCUT2D eigenvalue weighted by Gasteiger charge is -2.26. The maximum Gasteiger partial charge on any atom is 0.181 e. The van der Waals surface area contributed by atoms with Crippen LogP contribution in [0, 0.1) is 13.8 Å². The summed E-state index contributed by atoms with van der Waals surface area (Å²) >= 11 is 5.88. The Morgan fingerprint density at radius 2 is 1.57 bits per heavy atom. The number of ether oxygens (including phenoxy) is 1. The number of nitrogens with zero attached hydrogens (tertiary/aromatic N) is 2. The van der Waals surface area contributed by atoms with Crippen molar-refractivity contribution in [2.24, 2.45) is 0 Å². The Bertz CT molecular complexity index is 1050. The summed E-state index contributed by atoms with van der Waals surface area (Å²) in [6.45, 7) is 6.96. The van der Waals surface area contributed by atoms with Crippen LogP contribution in [0.4, 0.5) is 11.4 Å². The first-order chi connectivity index (χ1) is 14.3. The highest BCUT2D eigenvalue weighted by Gasteiger charge is 2.52. The number of rotatable bonds is 6. The Hall–Kier alpha value is -2.12. The fourth-order valence-corrected chi connectivity index (χ4v) is 6.62. The van der Waals surface area contributed by atoms with E-state index < -0.39 is 9.84 Å². The van der Waals surface area contributed by atoms with Crippen LogP contribution in [0.15, 0.2) is 42.5 Å². The minimum atomic E-state index is -3.12. The number of thiocarbonyl (C=S) groups is 1. The molecule has 2 aliphatic heterocycles.